The maximum Gasteiger partial charge on any atom is 0.231 e. The van der Waals surface area contributed by atoms with Crippen molar-refractivity contribution in [3.05, 3.63) is 77.6 Å². The van der Waals surface area contributed by atoms with Crippen LogP contribution in [0.15, 0.2) is 60.8 Å². The van der Waals surface area contributed by atoms with E-state index in [1.54, 1.807) is 13.3 Å². The molecule has 0 radical (unpaired) electrons. The first kappa shape index (κ1) is 20.0. The van der Waals surface area contributed by atoms with Crippen LogP contribution in [0, 0.1) is 6.92 Å². The molecule has 6 nitrogen and oxygen atoms in total. The number of anilines is 1. The third-order valence-corrected chi connectivity index (χ3v) is 5.20. The maximum absolute atomic E-state index is 5.76. The van der Waals surface area contributed by atoms with Crippen LogP contribution in [0.2, 0.25) is 0 Å². The Morgan fingerprint density at radius 2 is 1.97 bits per heavy atom. The molecule has 0 fully saturated rings. The average molecular weight is 422 g/mol. The summed E-state index contributed by atoms with van der Waals surface area (Å²) in [5, 5.41) is 3.93. The molecule has 4 rings (SSSR count). The van der Waals surface area contributed by atoms with Gasteiger partial charge in [-0.25, -0.2) is 0 Å². The van der Waals surface area contributed by atoms with E-state index in [0.29, 0.717) is 18.2 Å². The predicted molar refractivity (Wildman–Crippen MR) is 120 cm³/mol. The van der Waals surface area contributed by atoms with Gasteiger partial charge < -0.3 is 24.4 Å². The number of ether oxygens (including phenoxy) is 3. The summed E-state index contributed by atoms with van der Waals surface area (Å²) in [6.45, 7) is 3.44. The Morgan fingerprint density at radius 3 is 2.77 bits per heavy atom. The summed E-state index contributed by atoms with van der Waals surface area (Å²) >= 11 is 5.76. The lowest BCUT2D eigenvalue weighted by Crippen LogP contribution is -2.34. The molecular formula is C23H23N3O3S. The second-order valence-electron chi connectivity index (χ2n) is 6.98. The minimum absolute atomic E-state index is 0.256. The average Bonchev–Trinajstić information content (AvgIpc) is 3.23. The van der Waals surface area contributed by atoms with Crippen LogP contribution in [0.4, 0.5) is 5.69 Å². The number of rotatable bonds is 6. The van der Waals surface area contributed by atoms with Crippen molar-refractivity contribution in [3.63, 3.8) is 0 Å². The number of benzene rings is 2. The quantitative estimate of drug-likeness (QED) is 0.587. The smallest absolute Gasteiger partial charge is 0.231 e. The van der Waals surface area contributed by atoms with E-state index in [9.17, 15) is 0 Å². The number of nitrogens with zero attached hydrogens (tertiary/aromatic N) is 2. The van der Waals surface area contributed by atoms with Crippen molar-refractivity contribution in [2.24, 2.45) is 0 Å². The summed E-state index contributed by atoms with van der Waals surface area (Å²) in [6, 6.07) is 17.8. The van der Waals surface area contributed by atoms with Gasteiger partial charge in [0.25, 0.3) is 0 Å². The van der Waals surface area contributed by atoms with E-state index in [-0.39, 0.29) is 6.79 Å². The summed E-state index contributed by atoms with van der Waals surface area (Å²) in [4.78, 5) is 6.52. The number of thiocarbonyl (C=S) groups is 1. The van der Waals surface area contributed by atoms with Gasteiger partial charge in [0.2, 0.25) is 6.79 Å². The fourth-order valence-corrected chi connectivity index (χ4v) is 3.49. The van der Waals surface area contributed by atoms with E-state index < -0.39 is 0 Å². The Balaban J connectivity index is 1.55. The van der Waals surface area contributed by atoms with E-state index in [1.165, 1.54) is 0 Å². The van der Waals surface area contributed by atoms with Crippen molar-refractivity contribution < 1.29 is 14.2 Å². The van der Waals surface area contributed by atoms with Crippen LogP contribution in [-0.4, -0.2) is 28.9 Å². The molecule has 154 valence electrons. The molecule has 1 aliphatic rings. The zero-order chi connectivity index (χ0) is 20.9. The molecule has 1 aromatic heterocycles. The van der Waals surface area contributed by atoms with Gasteiger partial charge in [-0.05, 0) is 60.6 Å². The molecule has 0 saturated carbocycles. The fourth-order valence-electron chi connectivity index (χ4n) is 3.25. The Kier molecular flexibility index (Phi) is 5.99. The van der Waals surface area contributed by atoms with E-state index in [4.69, 9.17) is 26.4 Å². The molecule has 0 bridgehead atoms. The molecule has 0 atom stereocenters. The summed E-state index contributed by atoms with van der Waals surface area (Å²) in [6.07, 6.45) is 1.79. The predicted octanol–water partition coefficient (Wildman–Crippen LogP) is 4.53. The van der Waals surface area contributed by atoms with Crippen molar-refractivity contribution in [1.82, 2.24) is 9.88 Å². The molecule has 0 saturated heterocycles. The van der Waals surface area contributed by atoms with Gasteiger partial charge in [-0.3, -0.25) is 4.98 Å². The first-order chi connectivity index (χ1) is 14.6. The summed E-state index contributed by atoms with van der Waals surface area (Å²) in [5.74, 6) is 2.34. The largest absolute Gasteiger partial charge is 0.496 e. The minimum Gasteiger partial charge on any atom is -0.496 e. The van der Waals surface area contributed by atoms with Crippen LogP contribution in [0.1, 0.15) is 16.8 Å². The Bertz CT molecular complexity index is 1040. The van der Waals surface area contributed by atoms with Crippen molar-refractivity contribution in [2.75, 3.05) is 19.2 Å². The lowest BCUT2D eigenvalue weighted by molar-refractivity contribution is 0.174. The number of aryl methyl sites for hydroxylation is 1. The highest BCUT2D eigenvalue weighted by atomic mass is 32.1. The highest BCUT2D eigenvalue weighted by Gasteiger charge is 2.17. The van der Waals surface area contributed by atoms with Gasteiger partial charge in [0.05, 0.1) is 19.3 Å². The van der Waals surface area contributed by atoms with Gasteiger partial charge in [-0.15, -0.1) is 0 Å². The van der Waals surface area contributed by atoms with E-state index >= 15 is 0 Å². The third kappa shape index (κ3) is 4.63. The molecule has 1 N–H and O–H groups in total. The van der Waals surface area contributed by atoms with Crippen LogP contribution in [0.3, 0.4) is 0 Å². The van der Waals surface area contributed by atoms with Gasteiger partial charge in [0, 0.05) is 24.5 Å². The lowest BCUT2D eigenvalue weighted by atomic mass is 10.2. The van der Waals surface area contributed by atoms with Crippen LogP contribution in [-0.2, 0) is 13.1 Å². The zero-order valence-electron chi connectivity index (χ0n) is 16.9. The summed E-state index contributed by atoms with van der Waals surface area (Å²) in [5.41, 5.74) is 3.95. The van der Waals surface area contributed by atoms with Crippen molar-refractivity contribution >= 4 is 23.0 Å². The molecule has 30 heavy (non-hydrogen) atoms. The number of fused-ring (bicyclic) bond motifs is 1. The Morgan fingerprint density at radius 1 is 1.10 bits per heavy atom. The molecule has 2 heterocycles. The van der Waals surface area contributed by atoms with Crippen LogP contribution >= 0.6 is 12.2 Å². The molecular weight excluding hydrogens is 398 g/mol. The lowest BCUT2D eigenvalue weighted by Gasteiger charge is -2.26. The number of pyridine rings is 1. The van der Waals surface area contributed by atoms with Gasteiger partial charge in [0.1, 0.15) is 5.75 Å². The summed E-state index contributed by atoms with van der Waals surface area (Å²) < 4.78 is 16.4. The molecule has 0 spiro atoms. The second kappa shape index (κ2) is 9.00. The summed E-state index contributed by atoms with van der Waals surface area (Å²) in [7, 11) is 1.66. The molecule has 0 unspecified atom stereocenters. The normalized spacial score (nSPS) is 11.8. The maximum atomic E-state index is 5.76. The molecule has 0 aliphatic carbocycles. The fraction of sp³-hybridized carbons (Fsp3) is 0.217. The molecule has 0 amide bonds. The van der Waals surface area contributed by atoms with E-state index in [2.05, 4.69) is 15.2 Å². The number of methoxy groups -OCH3 is 1. The Labute approximate surface area is 181 Å². The topological polar surface area (TPSA) is 55.9 Å². The van der Waals surface area contributed by atoms with Gasteiger partial charge in [-0.1, -0.05) is 18.2 Å². The Hall–Kier alpha value is -3.32. The molecule has 7 heteroatoms. The molecule has 1 aliphatic heterocycles. The first-order valence-corrected chi connectivity index (χ1v) is 10.0. The van der Waals surface area contributed by atoms with Gasteiger partial charge in [0.15, 0.2) is 16.6 Å². The van der Waals surface area contributed by atoms with Gasteiger partial charge >= 0.3 is 0 Å². The minimum atomic E-state index is 0.256. The van der Waals surface area contributed by atoms with E-state index in [1.807, 2.05) is 61.5 Å². The first-order valence-electron chi connectivity index (χ1n) is 9.61. The highest BCUT2D eigenvalue weighted by Crippen LogP contribution is 2.33. The van der Waals surface area contributed by atoms with Gasteiger partial charge in [-0.2, -0.15) is 0 Å². The standard InChI is InChI=1S/C23H23N3O3S/c1-16-6-8-18(12-21(16)27-2)25-23(30)26(14-19-5-3-4-10-24-19)13-17-7-9-20-22(11-17)29-15-28-20/h3-12H,13-15H2,1-2H3,(H,25,30). The van der Waals surface area contributed by atoms with Crippen LogP contribution in [0.5, 0.6) is 17.2 Å². The van der Waals surface area contributed by atoms with Crippen molar-refractivity contribution in [2.45, 2.75) is 20.0 Å². The number of hydrogen-bond acceptors (Lipinski definition) is 5. The number of aromatic nitrogens is 1. The van der Waals surface area contributed by atoms with Crippen LogP contribution in [0.25, 0.3) is 0 Å². The number of hydrogen-bond donors (Lipinski definition) is 1. The second-order valence-corrected chi connectivity index (χ2v) is 7.37. The van der Waals surface area contributed by atoms with Crippen molar-refractivity contribution in [3.8, 4) is 17.2 Å². The third-order valence-electron chi connectivity index (χ3n) is 4.84. The highest BCUT2D eigenvalue weighted by molar-refractivity contribution is 7.80. The SMILES string of the molecule is COc1cc(NC(=S)N(Cc2ccc3c(c2)OCO3)Cc2ccccn2)ccc1C. The van der Waals surface area contributed by atoms with Crippen LogP contribution < -0.4 is 19.5 Å². The zero-order valence-corrected chi connectivity index (χ0v) is 17.7. The monoisotopic (exact) mass is 421 g/mol. The van der Waals surface area contributed by atoms with E-state index in [0.717, 1.165) is 39.8 Å². The molecule has 2 aromatic carbocycles. The molecule has 3 aromatic rings. The van der Waals surface area contributed by atoms with Crippen molar-refractivity contribution in [1.29, 1.82) is 0 Å². The number of nitrogens with one attached hydrogen (secondary N) is 1.